The van der Waals surface area contributed by atoms with Crippen molar-refractivity contribution in [2.24, 2.45) is 4.99 Å². The lowest BCUT2D eigenvalue weighted by atomic mass is 9.95. The van der Waals surface area contributed by atoms with Gasteiger partial charge in [-0.25, -0.2) is 4.99 Å². The van der Waals surface area contributed by atoms with E-state index in [1.807, 2.05) is 124 Å². The second-order valence-corrected chi connectivity index (χ2v) is 11.9. The molecule has 45 heavy (non-hydrogen) atoms. The van der Waals surface area contributed by atoms with Gasteiger partial charge >= 0.3 is 0 Å². The first-order valence-electron chi connectivity index (χ1n) is 14.6. The number of methoxy groups -OCH3 is 1. The number of fused-ring (bicyclic) bond motifs is 1. The Morgan fingerprint density at radius 2 is 1.62 bits per heavy atom. The summed E-state index contributed by atoms with van der Waals surface area (Å²) in [6.07, 6.45) is 1.86. The van der Waals surface area contributed by atoms with Crippen molar-refractivity contribution in [3.8, 4) is 11.5 Å². The number of carbonyl (C=O) groups excluding carboxylic acids is 1. The van der Waals surface area contributed by atoms with Crippen LogP contribution < -0.4 is 29.7 Å². The van der Waals surface area contributed by atoms with Crippen LogP contribution in [0.5, 0.6) is 11.5 Å². The van der Waals surface area contributed by atoms with Crippen LogP contribution in [0.4, 0.5) is 5.69 Å². The summed E-state index contributed by atoms with van der Waals surface area (Å²) in [5.74, 6) is 1.21. The lowest BCUT2D eigenvalue weighted by Crippen LogP contribution is -2.40. The van der Waals surface area contributed by atoms with E-state index in [9.17, 15) is 9.59 Å². The van der Waals surface area contributed by atoms with E-state index in [0.29, 0.717) is 38.6 Å². The maximum absolute atomic E-state index is 14.1. The molecule has 0 bridgehead atoms. The molecule has 2 heterocycles. The number of thiazole rings is 1. The molecule has 0 saturated heterocycles. The summed E-state index contributed by atoms with van der Waals surface area (Å²) in [6.45, 7) is 6.08. The Morgan fingerprint density at radius 1 is 0.911 bits per heavy atom. The predicted octanol–water partition coefficient (Wildman–Crippen LogP) is 6.08. The third kappa shape index (κ3) is 6.10. The van der Waals surface area contributed by atoms with E-state index in [4.69, 9.17) is 14.5 Å². The normalized spacial score (nSPS) is 14.5. The van der Waals surface area contributed by atoms with E-state index in [2.05, 4.69) is 5.32 Å². The summed E-state index contributed by atoms with van der Waals surface area (Å²) in [5.41, 5.74) is 6.01. The largest absolute Gasteiger partial charge is 0.496 e. The number of aryl methyl sites for hydroxylation is 2. The Bertz CT molecular complexity index is 2110. The number of benzene rings is 4. The van der Waals surface area contributed by atoms with E-state index in [-0.39, 0.29) is 11.5 Å². The van der Waals surface area contributed by atoms with E-state index < -0.39 is 6.04 Å². The molecule has 0 saturated carbocycles. The Labute approximate surface area is 265 Å². The Morgan fingerprint density at radius 3 is 2.36 bits per heavy atom. The topological polar surface area (TPSA) is 81.9 Å². The average Bonchev–Trinajstić information content (AvgIpc) is 3.35. The number of hydrogen-bond acceptors (Lipinski definition) is 6. The van der Waals surface area contributed by atoms with Crippen molar-refractivity contribution in [1.29, 1.82) is 0 Å². The number of carbonyl (C=O) groups is 1. The maximum Gasteiger partial charge on any atom is 0.271 e. The van der Waals surface area contributed by atoms with Crippen molar-refractivity contribution in [2.45, 2.75) is 33.4 Å². The molecule has 1 N–H and O–H groups in total. The lowest BCUT2D eigenvalue weighted by Gasteiger charge is -2.25. The van der Waals surface area contributed by atoms with Crippen LogP contribution >= 0.6 is 11.3 Å². The van der Waals surface area contributed by atoms with E-state index >= 15 is 0 Å². The molecular formula is C37H33N3O4S. The summed E-state index contributed by atoms with van der Waals surface area (Å²) in [4.78, 5) is 33.3. The molecule has 0 spiro atoms. The molecule has 5 aromatic rings. The van der Waals surface area contributed by atoms with Crippen molar-refractivity contribution >= 4 is 29.0 Å². The smallest absolute Gasteiger partial charge is 0.271 e. The van der Waals surface area contributed by atoms with Gasteiger partial charge in [-0.2, -0.15) is 0 Å². The molecule has 1 atom stereocenters. The second-order valence-electron chi connectivity index (χ2n) is 10.9. The summed E-state index contributed by atoms with van der Waals surface area (Å²) in [6, 6.07) is 30.2. The molecule has 226 valence electrons. The van der Waals surface area contributed by atoms with E-state index in [1.54, 1.807) is 11.7 Å². The highest BCUT2D eigenvalue weighted by molar-refractivity contribution is 7.07. The van der Waals surface area contributed by atoms with Gasteiger partial charge in [0.1, 0.15) is 18.1 Å². The zero-order valence-corrected chi connectivity index (χ0v) is 26.4. The molecule has 7 nitrogen and oxygen atoms in total. The van der Waals surface area contributed by atoms with Gasteiger partial charge in [0.05, 0.1) is 29.0 Å². The van der Waals surface area contributed by atoms with Crippen molar-refractivity contribution < 1.29 is 14.3 Å². The van der Waals surface area contributed by atoms with Crippen LogP contribution in [-0.4, -0.2) is 17.6 Å². The molecule has 4 aromatic carbocycles. The Balaban J connectivity index is 1.40. The van der Waals surface area contributed by atoms with Crippen LogP contribution in [-0.2, 0) is 11.4 Å². The molecule has 0 fully saturated rings. The van der Waals surface area contributed by atoms with Gasteiger partial charge in [-0.3, -0.25) is 14.2 Å². The highest BCUT2D eigenvalue weighted by Crippen LogP contribution is 2.31. The monoisotopic (exact) mass is 615 g/mol. The van der Waals surface area contributed by atoms with Crippen LogP contribution in [0.15, 0.2) is 118 Å². The average molecular weight is 616 g/mol. The minimum atomic E-state index is -0.637. The van der Waals surface area contributed by atoms with Gasteiger partial charge in [0, 0.05) is 11.3 Å². The van der Waals surface area contributed by atoms with E-state index in [0.717, 1.165) is 33.6 Å². The van der Waals surface area contributed by atoms with Crippen LogP contribution in [0.1, 0.15) is 40.8 Å². The third-order valence-electron chi connectivity index (χ3n) is 7.85. The lowest BCUT2D eigenvalue weighted by molar-refractivity contribution is -0.113. The number of ether oxygens (including phenoxy) is 2. The summed E-state index contributed by atoms with van der Waals surface area (Å²) >= 11 is 1.31. The number of anilines is 1. The molecule has 8 heteroatoms. The molecule has 1 amide bonds. The number of nitrogens with zero attached hydrogens (tertiary/aromatic N) is 2. The van der Waals surface area contributed by atoms with Crippen molar-refractivity contribution in [1.82, 2.24) is 4.57 Å². The fourth-order valence-corrected chi connectivity index (χ4v) is 6.54. The molecule has 0 aliphatic carbocycles. The quantitative estimate of drug-likeness (QED) is 0.230. The summed E-state index contributed by atoms with van der Waals surface area (Å²) in [7, 11) is 1.63. The number of nitrogens with one attached hydrogen (secondary N) is 1. The SMILES string of the molecule is COc1ccc(/C=c2\sc3n(c2=O)C(c2ccccc2)C(C(=O)Nc2ccccc2C)=C(C)N=3)cc1COc1ccccc1C. The molecular weight excluding hydrogens is 582 g/mol. The van der Waals surface area contributed by atoms with Gasteiger partial charge in [0.2, 0.25) is 0 Å². The number of aromatic nitrogens is 1. The highest BCUT2D eigenvalue weighted by atomic mass is 32.1. The zero-order valence-electron chi connectivity index (χ0n) is 25.5. The highest BCUT2D eigenvalue weighted by Gasteiger charge is 2.32. The number of para-hydroxylation sites is 2. The molecule has 0 radical (unpaired) electrons. The van der Waals surface area contributed by atoms with Crippen molar-refractivity contribution in [3.63, 3.8) is 0 Å². The first-order chi connectivity index (χ1) is 21.8. The number of allylic oxidation sites excluding steroid dienone is 1. The molecule has 1 unspecified atom stereocenters. The van der Waals surface area contributed by atoms with Crippen molar-refractivity contribution in [3.05, 3.63) is 156 Å². The van der Waals surface area contributed by atoms with Crippen LogP contribution in [0.3, 0.4) is 0 Å². The Hall–Kier alpha value is -5.21. The molecule has 6 rings (SSSR count). The second kappa shape index (κ2) is 12.8. The fraction of sp³-hybridized carbons (Fsp3) is 0.162. The molecule has 1 aliphatic rings. The maximum atomic E-state index is 14.1. The fourth-order valence-electron chi connectivity index (χ4n) is 5.49. The molecule has 1 aromatic heterocycles. The van der Waals surface area contributed by atoms with Gasteiger partial charge in [0.25, 0.3) is 11.5 Å². The van der Waals surface area contributed by atoms with Gasteiger partial charge in [-0.05, 0) is 73.4 Å². The standard InChI is InChI=1S/C37H33N3O4S/c1-23-12-8-10-16-29(23)39-35(41)33-25(3)38-37-40(34(33)27-14-6-5-7-15-27)36(42)32(45-37)21-26-18-19-31(43-4)28(20-26)22-44-30-17-11-9-13-24(30)2/h5-21,34H,22H2,1-4H3,(H,39,41)/b32-21-. The first kappa shape index (κ1) is 29.8. The zero-order chi connectivity index (χ0) is 31.5. The first-order valence-corrected chi connectivity index (χ1v) is 15.5. The third-order valence-corrected chi connectivity index (χ3v) is 8.84. The van der Waals surface area contributed by atoms with Crippen molar-refractivity contribution in [2.75, 3.05) is 12.4 Å². The van der Waals surface area contributed by atoms with Crippen LogP contribution in [0.25, 0.3) is 6.08 Å². The predicted molar refractivity (Wildman–Crippen MR) is 179 cm³/mol. The van der Waals surface area contributed by atoms with Crippen LogP contribution in [0.2, 0.25) is 0 Å². The minimum Gasteiger partial charge on any atom is -0.496 e. The summed E-state index contributed by atoms with van der Waals surface area (Å²) < 4.78 is 13.9. The molecule has 1 aliphatic heterocycles. The van der Waals surface area contributed by atoms with Gasteiger partial charge in [-0.1, -0.05) is 84.1 Å². The Kier molecular flexibility index (Phi) is 8.49. The number of rotatable bonds is 8. The van der Waals surface area contributed by atoms with E-state index in [1.165, 1.54) is 11.3 Å². The minimum absolute atomic E-state index is 0.213. The van der Waals surface area contributed by atoms with Gasteiger partial charge < -0.3 is 14.8 Å². The van der Waals surface area contributed by atoms with Gasteiger partial charge in [-0.15, -0.1) is 0 Å². The van der Waals surface area contributed by atoms with Crippen LogP contribution in [0, 0.1) is 13.8 Å². The van der Waals surface area contributed by atoms with Gasteiger partial charge in [0.15, 0.2) is 4.80 Å². The number of amides is 1. The number of hydrogen-bond donors (Lipinski definition) is 1. The summed E-state index contributed by atoms with van der Waals surface area (Å²) in [5, 5.41) is 3.05.